The zero-order valence-electron chi connectivity index (χ0n) is 22.3. The molecule has 2 aliphatic heterocycles. The van der Waals surface area contributed by atoms with Crippen LogP contribution in [0, 0.1) is 5.41 Å². The van der Waals surface area contributed by atoms with Gasteiger partial charge in [-0.25, -0.2) is 9.37 Å². The van der Waals surface area contributed by atoms with E-state index in [1.807, 2.05) is 0 Å². The number of nitrogens with zero attached hydrogens (tertiary/aromatic N) is 5. The molecule has 3 aliphatic rings. The Balaban J connectivity index is 1.02. The van der Waals surface area contributed by atoms with Crippen molar-refractivity contribution in [1.29, 1.82) is 0 Å². The van der Waals surface area contributed by atoms with Gasteiger partial charge in [0.05, 0.1) is 0 Å². The Morgan fingerprint density at radius 3 is 2.72 bits per heavy atom. The highest BCUT2D eigenvalue weighted by Crippen LogP contribution is 2.51. The van der Waals surface area contributed by atoms with Crippen LogP contribution >= 0.6 is 0 Å². The summed E-state index contributed by atoms with van der Waals surface area (Å²) in [5.74, 6) is -0.925. The first-order valence-electron chi connectivity index (χ1n) is 13.4. The number of hydrogen-bond donors (Lipinski definition) is 1. The Kier molecular flexibility index (Phi) is 6.58. The van der Waals surface area contributed by atoms with Crippen LogP contribution in [-0.4, -0.2) is 64.1 Å². The second-order valence-corrected chi connectivity index (χ2v) is 11.1. The van der Waals surface area contributed by atoms with Gasteiger partial charge in [-0.05, 0) is 50.1 Å². The lowest BCUT2D eigenvalue weighted by atomic mass is 9.61. The summed E-state index contributed by atoms with van der Waals surface area (Å²) in [5.41, 5.74) is 3.24. The lowest BCUT2D eigenvalue weighted by Gasteiger charge is -2.58. The summed E-state index contributed by atoms with van der Waals surface area (Å²) in [5, 5.41) is 10.2. The number of rotatable bonds is 9. The van der Waals surface area contributed by atoms with Crippen molar-refractivity contribution < 1.29 is 18.7 Å². The third-order valence-electron chi connectivity index (χ3n) is 7.88. The molecule has 0 bridgehead atoms. The van der Waals surface area contributed by atoms with Gasteiger partial charge >= 0.3 is 0 Å². The van der Waals surface area contributed by atoms with Crippen molar-refractivity contribution in [3.8, 4) is 11.6 Å². The molecule has 39 heavy (non-hydrogen) atoms. The molecule has 1 spiro atoms. The van der Waals surface area contributed by atoms with Gasteiger partial charge < -0.3 is 19.7 Å². The molecule has 1 amide bonds. The number of carbonyl (C=O) groups excluding carboxylic acids is 1. The van der Waals surface area contributed by atoms with Crippen LogP contribution < -0.4 is 19.7 Å². The van der Waals surface area contributed by atoms with Crippen LogP contribution in [0.25, 0.3) is 0 Å². The number of benzene rings is 2. The number of anilines is 1. The molecule has 2 fully saturated rings. The van der Waals surface area contributed by atoms with Crippen molar-refractivity contribution >= 4 is 11.7 Å². The fourth-order valence-electron chi connectivity index (χ4n) is 5.84. The average Bonchev–Trinajstić information content (AvgIpc) is 3.33. The summed E-state index contributed by atoms with van der Waals surface area (Å²) >= 11 is 0. The summed E-state index contributed by atoms with van der Waals surface area (Å²) in [6.07, 6.45) is 3.52. The molecule has 3 aromatic rings. The predicted octanol–water partition coefficient (Wildman–Crippen LogP) is 3.75. The van der Waals surface area contributed by atoms with Gasteiger partial charge in [0.25, 0.3) is 11.8 Å². The number of carbonyl (C=O) groups is 1. The van der Waals surface area contributed by atoms with Gasteiger partial charge in [0.1, 0.15) is 24.8 Å². The molecule has 1 unspecified atom stereocenters. The maximum absolute atomic E-state index is 15.1. The second kappa shape index (κ2) is 10.1. The Labute approximate surface area is 227 Å². The van der Waals surface area contributed by atoms with Crippen LogP contribution in [0.15, 0.2) is 54.9 Å². The smallest absolute Gasteiger partial charge is 0.277 e. The summed E-state index contributed by atoms with van der Waals surface area (Å²) in [4.78, 5) is 21.2. The topological polar surface area (TPSA) is 92.7 Å². The van der Waals surface area contributed by atoms with Gasteiger partial charge in [-0.3, -0.25) is 9.69 Å². The maximum atomic E-state index is 15.1. The van der Waals surface area contributed by atoms with Crippen LogP contribution in [0.2, 0.25) is 0 Å². The van der Waals surface area contributed by atoms with Crippen molar-refractivity contribution in [2.75, 3.05) is 31.1 Å². The highest BCUT2D eigenvalue weighted by molar-refractivity contribution is 5.94. The SMILES string of the molecule is CCN1Cc2cccc(OC3CC4(C3)CN(c3ncnnc3OCC(C)(F)NC(=O)c3ccccc3)C4)c2C1. The van der Waals surface area contributed by atoms with E-state index in [1.54, 1.807) is 30.3 Å². The highest BCUT2D eigenvalue weighted by atomic mass is 19.1. The van der Waals surface area contributed by atoms with Crippen LogP contribution in [0.5, 0.6) is 11.6 Å². The predicted molar refractivity (Wildman–Crippen MR) is 143 cm³/mol. The summed E-state index contributed by atoms with van der Waals surface area (Å²) in [7, 11) is 0. The molecule has 6 rings (SSSR count). The fraction of sp³-hybridized carbons (Fsp3) is 0.448. The molecule has 9 nitrogen and oxygen atoms in total. The van der Waals surface area contributed by atoms with Gasteiger partial charge in [-0.1, -0.05) is 37.3 Å². The van der Waals surface area contributed by atoms with E-state index in [4.69, 9.17) is 9.47 Å². The number of amides is 1. The Morgan fingerprint density at radius 2 is 1.95 bits per heavy atom. The van der Waals surface area contributed by atoms with Crippen LogP contribution in [0.4, 0.5) is 10.2 Å². The lowest BCUT2D eigenvalue weighted by Crippen LogP contribution is -2.65. The van der Waals surface area contributed by atoms with Crippen LogP contribution in [0.1, 0.15) is 48.2 Å². The quantitative estimate of drug-likeness (QED) is 0.417. The van der Waals surface area contributed by atoms with E-state index in [9.17, 15) is 4.79 Å². The van der Waals surface area contributed by atoms with E-state index < -0.39 is 18.3 Å². The van der Waals surface area contributed by atoms with Crippen LogP contribution in [-0.2, 0) is 13.1 Å². The number of aromatic nitrogens is 3. The normalized spacial score (nSPS) is 19.5. The molecule has 3 heterocycles. The molecule has 10 heteroatoms. The van der Waals surface area contributed by atoms with Gasteiger partial charge in [0.15, 0.2) is 5.82 Å². The summed E-state index contributed by atoms with van der Waals surface area (Å²) in [6, 6.07) is 14.9. The number of ether oxygens (including phenoxy) is 2. The number of fused-ring (bicyclic) bond motifs is 1. The zero-order valence-corrected chi connectivity index (χ0v) is 22.3. The molecule has 0 radical (unpaired) electrons. The van der Waals surface area contributed by atoms with Gasteiger partial charge in [0, 0.05) is 42.7 Å². The molecule has 1 saturated heterocycles. The van der Waals surface area contributed by atoms with Crippen molar-refractivity contribution in [2.45, 2.75) is 51.7 Å². The standard InChI is InChI=1S/C29H33FN6O3/c1-3-35-14-21-10-7-11-24(23(21)15-35)39-22-12-29(13-22)16-36(17-29)25-27(34-32-19-31-25)38-18-28(2,30)33-26(37)20-8-5-4-6-9-20/h4-11,19,22H,3,12-18H2,1-2H3,(H,33,37). The van der Waals surface area contributed by atoms with Gasteiger partial charge in [-0.15, -0.1) is 10.2 Å². The first-order chi connectivity index (χ1) is 18.8. The molecular weight excluding hydrogens is 499 g/mol. The third kappa shape index (κ3) is 5.25. The molecule has 2 aromatic carbocycles. The van der Waals surface area contributed by atoms with E-state index in [-0.39, 0.29) is 17.4 Å². The number of hydrogen-bond acceptors (Lipinski definition) is 8. The van der Waals surface area contributed by atoms with Crippen LogP contribution in [0.3, 0.4) is 0 Å². The third-order valence-corrected chi connectivity index (χ3v) is 7.88. The minimum absolute atomic E-state index is 0.151. The van der Waals surface area contributed by atoms with E-state index in [0.717, 1.165) is 51.3 Å². The first-order valence-corrected chi connectivity index (χ1v) is 13.4. The van der Waals surface area contributed by atoms with Gasteiger partial charge in [0.2, 0.25) is 5.79 Å². The fourth-order valence-corrected chi connectivity index (χ4v) is 5.84. The largest absolute Gasteiger partial charge is 0.490 e. The van der Waals surface area contributed by atoms with Crippen molar-refractivity contribution in [2.24, 2.45) is 5.41 Å². The van der Waals surface area contributed by atoms with Crippen molar-refractivity contribution in [3.05, 3.63) is 71.5 Å². The Morgan fingerprint density at radius 1 is 1.15 bits per heavy atom. The highest BCUT2D eigenvalue weighted by Gasteiger charge is 2.54. The molecular formula is C29H33FN6O3. The van der Waals surface area contributed by atoms with Crippen molar-refractivity contribution in [3.63, 3.8) is 0 Å². The minimum Gasteiger partial charge on any atom is -0.490 e. The number of nitrogens with one attached hydrogen (secondary N) is 1. The maximum Gasteiger partial charge on any atom is 0.277 e. The van der Waals surface area contributed by atoms with Crippen molar-refractivity contribution in [1.82, 2.24) is 25.4 Å². The summed E-state index contributed by atoms with van der Waals surface area (Å²) in [6.45, 7) is 7.60. The van der Waals surface area contributed by atoms with E-state index in [0.29, 0.717) is 11.4 Å². The average molecular weight is 533 g/mol. The Bertz CT molecular complexity index is 1340. The minimum atomic E-state index is -2.11. The molecule has 204 valence electrons. The first kappa shape index (κ1) is 25.5. The monoisotopic (exact) mass is 532 g/mol. The second-order valence-electron chi connectivity index (χ2n) is 11.1. The zero-order chi connectivity index (χ0) is 27.0. The lowest BCUT2D eigenvalue weighted by molar-refractivity contribution is -0.0351. The molecule has 1 aliphatic carbocycles. The Hall–Kier alpha value is -3.79. The van der Waals surface area contributed by atoms with E-state index in [1.165, 1.54) is 24.4 Å². The summed E-state index contributed by atoms with van der Waals surface area (Å²) < 4.78 is 27.2. The number of alkyl halides is 1. The number of halogens is 1. The van der Waals surface area contributed by atoms with E-state index >= 15 is 4.39 Å². The molecule has 1 aromatic heterocycles. The molecule has 1 N–H and O–H groups in total. The van der Waals surface area contributed by atoms with E-state index in [2.05, 4.69) is 55.4 Å². The molecule has 1 saturated carbocycles. The van der Waals surface area contributed by atoms with Gasteiger partial charge in [-0.2, -0.15) is 0 Å². The molecule has 1 atom stereocenters.